The average molecular weight is 447 g/mol. The second-order valence-electron chi connectivity index (χ2n) is 5.72. The van der Waals surface area contributed by atoms with Crippen LogP contribution in [-0.2, 0) is 10.0 Å². The predicted octanol–water partition coefficient (Wildman–Crippen LogP) is 0.863. The number of pyridine rings is 1. The van der Waals surface area contributed by atoms with E-state index in [0.29, 0.717) is 0 Å². The van der Waals surface area contributed by atoms with Crippen molar-refractivity contribution in [2.24, 2.45) is 0 Å². The van der Waals surface area contributed by atoms with E-state index < -0.39 is 34.6 Å². The molecular weight excluding hydrogens is 431 g/mol. The molecule has 162 valence electrons. The van der Waals surface area contributed by atoms with Gasteiger partial charge in [-0.15, -0.1) is 0 Å². The molecule has 1 aromatic carbocycles. The van der Waals surface area contributed by atoms with Gasteiger partial charge < -0.3 is 15.2 Å². The van der Waals surface area contributed by atoms with Crippen LogP contribution in [-0.4, -0.2) is 56.3 Å². The Balaban J connectivity index is 2.04. The van der Waals surface area contributed by atoms with Crippen molar-refractivity contribution in [3.05, 3.63) is 53.9 Å². The fourth-order valence-electron chi connectivity index (χ4n) is 2.04. The maximum atomic E-state index is 12.3. The maximum Gasteiger partial charge on any atom is 0.422 e. The number of benzene rings is 1. The molecule has 0 aliphatic rings. The number of rotatable bonds is 8. The summed E-state index contributed by atoms with van der Waals surface area (Å²) in [5.41, 5.74) is -0.195. The van der Waals surface area contributed by atoms with E-state index in [9.17, 15) is 31.2 Å². The molecule has 9 nitrogen and oxygen atoms in total. The molecule has 2 amide bonds. The zero-order chi connectivity index (χ0) is 22.4. The summed E-state index contributed by atoms with van der Waals surface area (Å²) in [6.07, 6.45) is -3.55. The third kappa shape index (κ3) is 6.70. The number of alkyl halides is 3. The predicted molar refractivity (Wildman–Crippen MR) is 96.3 cm³/mol. The molecular formula is C17H16F3N3O6S. The summed E-state index contributed by atoms with van der Waals surface area (Å²) in [4.78, 5) is 27.2. The van der Waals surface area contributed by atoms with Crippen LogP contribution in [0.1, 0.15) is 20.8 Å². The van der Waals surface area contributed by atoms with Gasteiger partial charge in [-0.05, 0) is 36.4 Å². The summed E-state index contributed by atoms with van der Waals surface area (Å²) >= 11 is 0. The molecule has 30 heavy (non-hydrogen) atoms. The first kappa shape index (κ1) is 23.1. The molecule has 3 N–H and O–H groups in total. The van der Waals surface area contributed by atoms with Gasteiger partial charge in [0.15, 0.2) is 6.61 Å². The molecule has 1 heterocycles. The minimum Gasteiger partial charge on any atom is -0.484 e. The fourth-order valence-corrected chi connectivity index (χ4v) is 3.02. The number of carbonyl (C=O) groups is 2. The van der Waals surface area contributed by atoms with Crippen LogP contribution in [0.25, 0.3) is 0 Å². The largest absolute Gasteiger partial charge is 0.484 e. The van der Waals surface area contributed by atoms with E-state index in [2.05, 4.69) is 15.0 Å². The topological polar surface area (TPSA) is 135 Å². The van der Waals surface area contributed by atoms with Gasteiger partial charge in [0.1, 0.15) is 11.4 Å². The summed E-state index contributed by atoms with van der Waals surface area (Å²) in [7, 11) is -4.32. The van der Waals surface area contributed by atoms with Crippen molar-refractivity contribution >= 4 is 21.8 Å². The van der Waals surface area contributed by atoms with E-state index in [1.54, 1.807) is 4.72 Å². The van der Waals surface area contributed by atoms with Gasteiger partial charge in [-0.3, -0.25) is 14.6 Å². The summed E-state index contributed by atoms with van der Waals surface area (Å²) in [5, 5.41) is 11.0. The lowest BCUT2D eigenvalue weighted by atomic mass is 10.2. The van der Waals surface area contributed by atoms with Crippen LogP contribution in [0.2, 0.25) is 0 Å². The van der Waals surface area contributed by atoms with Crippen LogP contribution >= 0.6 is 0 Å². The maximum absolute atomic E-state index is 12.3. The van der Waals surface area contributed by atoms with Gasteiger partial charge in [-0.1, -0.05) is 0 Å². The van der Waals surface area contributed by atoms with E-state index in [0.717, 1.165) is 30.5 Å². The van der Waals surface area contributed by atoms with E-state index in [1.165, 1.54) is 12.1 Å². The zero-order valence-electron chi connectivity index (χ0n) is 15.1. The molecule has 0 aliphatic heterocycles. The van der Waals surface area contributed by atoms with Gasteiger partial charge in [-0.2, -0.15) is 13.2 Å². The second kappa shape index (κ2) is 9.54. The lowest BCUT2D eigenvalue weighted by Gasteiger charge is -2.10. The van der Waals surface area contributed by atoms with Crippen LogP contribution in [0.5, 0.6) is 5.75 Å². The highest BCUT2D eigenvalue weighted by Gasteiger charge is 2.28. The number of hydrogen-bond donors (Lipinski definition) is 3. The first-order valence-electron chi connectivity index (χ1n) is 8.24. The van der Waals surface area contributed by atoms with Gasteiger partial charge >= 0.3 is 6.18 Å². The molecule has 2 aromatic rings. The quantitative estimate of drug-likeness (QED) is 0.546. The smallest absolute Gasteiger partial charge is 0.422 e. The number of sulfonamides is 1. The Hall–Kier alpha value is -3.19. The molecule has 2 rings (SSSR count). The van der Waals surface area contributed by atoms with Gasteiger partial charge in [-0.25, -0.2) is 13.1 Å². The molecule has 13 heteroatoms. The number of amides is 2. The standard InChI is InChI=1S/C17H16F3N3O6S/c18-17(19,20)10-29-12-2-4-13(5-3-12)30(27,28)23-15(25)11-1-6-14(22-9-11)16(26)21-7-8-24/h1-6,9,24H,7-8,10H2,(H,21,26)(H,23,25). The Morgan fingerprint density at radius 1 is 1.07 bits per heavy atom. The van der Waals surface area contributed by atoms with Crippen LogP contribution in [0.4, 0.5) is 13.2 Å². The fraction of sp³-hybridized carbons (Fsp3) is 0.235. The molecule has 0 bridgehead atoms. The van der Waals surface area contributed by atoms with Crippen LogP contribution in [0.15, 0.2) is 47.5 Å². The third-order valence-electron chi connectivity index (χ3n) is 3.42. The van der Waals surface area contributed by atoms with Crippen molar-refractivity contribution in [1.29, 1.82) is 0 Å². The highest BCUT2D eigenvalue weighted by Crippen LogP contribution is 2.20. The summed E-state index contributed by atoms with van der Waals surface area (Å²) < 4.78 is 67.2. The van der Waals surface area contributed by atoms with Crippen LogP contribution in [0.3, 0.4) is 0 Å². The van der Waals surface area contributed by atoms with E-state index in [4.69, 9.17) is 5.11 Å². The van der Waals surface area contributed by atoms with Crippen molar-refractivity contribution in [3.8, 4) is 5.75 Å². The first-order valence-corrected chi connectivity index (χ1v) is 9.72. The van der Waals surface area contributed by atoms with Crippen molar-refractivity contribution in [2.75, 3.05) is 19.8 Å². The lowest BCUT2D eigenvalue weighted by molar-refractivity contribution is -0.153. The average Bonchev–Trinajstić information content (AvgIpc) is 2.70. The number of halogens is 3. The van der Waals surface area contributed by atoms with Gasteiger partial charge in [0.25, 0.3) is 21.8 Å². The minimum atomic E-state index is -4.54. The van der Waals surface area contributed by atoms with Crippen molar-refractivity contribution in [3.63, 3.8) is 0 Å². The highest BCUT2D eigenvalue weighted by molar-refractivity contribution is 7.90. The summed E-state index contributed by atoms with van der Waals surface area (Å²) in [6.45, 7) is -1.78. The number of ether oxygens (including phenoxy) is 1. The first-order chi connectivity index (χ1) is 14.0. The monoisotopic (exact) mass is 447 g/mol. The number of aliphatic hydroxyl groups excluding tert-OH is 1. The van der Waals surface area contributed by atoms with Crippen LogP contribution in [0, 0.1) is 0 Å². The number of hydrogen-bond acceptors (Lipinski definition) is 7. The number of nitrogens with one attached hydrogen (secondary N) is 2. The van der Waals surface area contributed by atoms with Crippen molar-refractivity contribution in [2.45, 2.75) is 11.1 Å². The Morgan fingerprint density at radius 3 is 2.27 bits per heavy atom. The minimum absolute atomic E-state index is 0.0149. The zero-order valence-corrected chi connectivity index (χ0v) is 16.0. The van der Waals surface area contributed by atoms with E-state index >= 15 is 0 Å². The van der Waals surface area contributed by atoms with Gasteiger partial charge in [0.05, 0.1) is 17.1 Å². The number of nitrogens with zero attached hydrogens (tertiary/aromatic N) is 1. The molecule has 0 fully saturated rings. The van der Waals surface area contributed by atoms with Gasteiger partial charge in [0.2, 0.25) is 0 Å². The normalized spacial score (nSPS) is 11.6. The summed E-state index contributed by atoms with van der Waals surface area (Å²) in [6, 6.07) is 6.38. The second-order valence-corrected chi connectivity index (χ2v) is 7.40. The highest BCUT2D eigenvalue weighted by atomic mass is 32.2. The Kier molecular flexibility index (Phi) is 7.34. The van der Waals surface area contributed by atoms with Gasteiger partial charge in [0, 0.05) is 12.7 Å². The van der Waals surface area contributed by atoms with Crippen molar-refractivity contribution in [1.82, 2.24) is 15.0 Å². The lowest BCUT2D eigenvalue weighted by Crippen LogP contribution is -2.31. The Labute approximate surface area is 168 Å². The molecule has 0 unspecified atom stereocenters. The Bertz CT molecular complexity index is 993. The molecule has 0 spiro atoms. The number of aromatic nitrogens is 1. The third-order valence-corrected chi connectivity index (χ3v) is 4.77. The molecule has 0 saturated heterocycles. The van der Waals surface area contributed by atoms with E-state index in [-0.39, 0.29) is 35.1 Å². The molecule has 1 aromatic heterocycles. The summed E-state index contributed by atoms with van der Waals surface area (Å²) in [5.74, 6) is -1.81. The molecule has 0 aliphatic carbocycles. The van der Waals surface area contributed by atoms with E-state index in [1.807, 2.05) is 0 Å². The molecule has 0 saturated carbocycles. The number of carbonyl (C=O) groups excluding carboxylic acids is 2. The Morgan fingerprint density at radius 2 is 1.73 bits per heavy atom. The van der Waals surface area contributed by atoms with Crippen LogP contribution < -0.4 is 14.8 Å². The SMILES string of the molecule is O=C(NS(=O)(=O)c1ccc(OCC(F)(F)F)cc1)c1ccc(C(=O)NCCO)nc1. The molecule has 0 atom stereocenters. The molecule has 0 radical (unpaired) electrons. The number of aliphatic hydroxyl groups is 1. The van der Waals surface area contributed by atoms with Crippen molar-refractivity contribution < 1.29 is 41.0 Å².